The predicted molar refractivity (Wildman–Crippen MR) is 91.8 cm³/mol. The average molecular weight is 334 g/mol. The molecule has 1 aromatic rings. The molecule has 4 rings (SSSR count). The number of nitrogens with zero attached hydrogens (tertiary/aromatic N) is 2. The normalized spacial score (nSPS) is 23.2. The molecule has 0 radical (unpaired) electrons. The summed E-state index contributed by atoms with van der Waals surface area (Å²) in [6.45, 7) is 5.77. The minimum Gasteiger partial charge on any atom is -0.482 e. The number of amides is 1. The number of carbonyl (C=O) groups excluding carboxylic acids is 1. The summed E-state index contributed by atoms with van der Waals surface area (Å²) in [7, 11) is 0. The molecular weight excluding hydrogens is 316 g/mol. The lowest BCUT2D eigenvalue weighted by Crippen LogP contribution is -2.33. The van der Waals surface area contributed by atoms with Gasteiger partial charge in [-0.1, -0.05) is 0 Å². The molecule has 3 aliphatic heterocycles. The largest absolute Gasteiger partial charge is 0.482 e. The van der Waals surface area contributed by atoms with Crippen molar-refractivity contribution in [3.8, 4) is 5.75 Å². The summed E-state index contributed by atoms with van der Waals surface area (Å²) in [6, 6.07) is 2.09. The second-order valence-corrected chi connectivity index (χ2v) is 8.36. The Morgan fingerprint density at radius 3 is 2.95 bits per heavy atom. The Morgan fingerprint density at radius 2 is 2.27 bits per heavy atom. The van der Waals surface area contributed by atoms with E-state index in [9.17, 15) is 4.79 Å². The number of ether oxygens (including phenoxy) is 1. The second kappa shape index (κ2) is 5.13. The number of hydrogen-bond donors (Lipinski definition) is 0. The van der Waals surface area contributed by atoms with Crippen LogP contribution in [0.5, 0.6) is 5.75 Å². The molecule has 0 N–H and O–H groups in total. The minimum atomic E-state index is -0.395. The molecule has 0 atom stereocenters. The molecule has 0 bridgehead atoms. The molecule has 4 heterocycles. The van der Waals surface area contributed by atoms with Gasteiger partial charge in [0.2, 0.25) is 5.91 Å². The average Bonchev–Trinajstić information content (AvgIpc) is 3.14. The van der Waals surface area contributed by atoms with Gasteiger partial charge in [-0.3, -0.25) is 9.79 Å². The van der Waals surface area contributed by atoms with Crippen LogP contribution in [0, 0.1) is 0 Å². The van der Waals surface area contributed by atoms with Gasteiger partial charge < -0.3 is 9.64 Å². The number of likely N-dealkylation sites (tertiary alicyclic amines) is 1. The van der Waals surface area contributed by atoms with E-state index in [1.807, 2.05) is 18.7 Å². The molecule has 1 saturated heterocycles. The summed E-state index contributed by atoms with van der Waals surface area (Å²) in [6.07, 6.45) is 3.67. The van der Waals surface area contributed by atoms with Gasteiger partial charge in [-0.25, -0.2) is 0 Å². The van der Waals surface area contributed by atoms with Gasteiger partial charge in [0.25, 0.3) is 0 Å². The molecule has 3 aliphatic rings. The first-order valence-corrected chi connectivity index (χ1v) is 9.38. The van der Waals surface area contributed by atoms with Crippen molar-refractivity contribution in [3.05, 3.63) is 21.9 Å². The van der Waals surface area contributed by atoms with Crippen molar-refractivity contribution in [2.24, 2.45) is 4.99 Å². The second-order valence-electron chi connectivity index (χ2n) is 6.22. The number of rotatable bonds is 2. The molecular formula is C16H18N2O2S2. The Kier molecular flexibility index (Phi) is 3.34. The smallest absolute Gasteiger partial charge is 0.227 e. The van der Waals surface area contributed by atoms with Crippen molar-refractivity contribution in [1.82, 2.24) is 4.90 Å². The fourth-order valence-electron chi connectivity index (χ4n) is 3.03. The van der Waals surface area contributed by atoms with Crippen molar-refractivity contribution < 1.29 is 9.53 Å². The van der Waals surface area contributed by atoms with Gasteiger partial charge in [-0.05, 0) is 26.3 Å². The fraction of sp³-hybridized carbons (Fsp3) is 0.500. The summed E-state index contributed by atoms with van der Waals surface area (Å²) >= 11 is 3.49. The summed E-state index contributed by atoms with van der Waals surface area (Å²) in [5.41, 5.74) is 0.627. The van der Waals surface area contributed by atoms with Gasteiger partial charge in [-0.15, -0.1) is 23.1 Å². The van der Waals surface area contributed by atoms with Crippen LogP contribution in [0.4, 0.5) is 0 Å². The molecule has 0 unspecified atom stereocenters. The standard InChI is InChI=1S/C16H18N2O2S2/c1-16(2)9-10(18-6-3-4-13(18)19)14-11(20-16)8-12(22-14)15-17-5-7-21-15/h8-9H,3-7H2,1-2H3. The lowest BCUT2D eigenvalue weighted by Gasteiger charge is -2.32. The van der Waals surface area contributed by atoms with Crippen LogP contribution in [-0.2, 0) is 4.79 Å². The topological polar surface area (TPSA) is 41.9 Å². The summed E-state index contributed by atoms with van der Waals surface area (Å²) in [5, 5.41) is 1.10. The highest BCUT2D eigenvalue weighted by Gasteiger charge is 2.35. The van der Waals surface area contributed by atoms with E-state index in [1.165, 1.54) is 0 Å². The molecule has 22 heavy (non-hydrogen) atoms. The van der Waals surface area contributed by atoms with Crippen molar-refractivity contribution in [3.63, 3.8) is 0 Å². The molecule has 0 spiro atoms. The highest BCUT2D eigenvalue weighted by Crippen LogP contribution is 2.45. The van der Waals surface area contributed by atoms with E-state index in [0.717, 1.165) is 51.5 Å². The van der Waals surface area contributed by atoms with Crippen LogP contribution in [0.25, 0.3) is 5.70 Å². The maximum atomic E-state index is 12.2. The predicted octanol–water partition coefficient (Wildman–Crippen LogP) is 3.38. The molecule has 4 nitrogen and oxygen atoms in total. The third-order valence-corrected chi connectivity index (χ3v) is 6.23. The van der Waals surface area contributed by atoms with E-state index in [4.69, 9.17) is 4.74 Å². The van der Waals surface area contributed by atoms with Gasteiger partial charge in [0, 0.05) is 31.3 Å². The van der Waals surface area contributed by atoms with E-state index in [0.29, 0.717) is 6.42 Å². The zero-order valence-electron chi connectivity index (χ0n) is 12.7. The number of hydrogen-bond acceptors (Lipinski definition) is 5. The van der Waals surface area contributed by atoms with Crippen LogP contribution in [0.15, 0.2) is 17.1 Å². The number of aliphatic imine (C=N–C) groups is 1. The maximum absolute atomic E-state index is 12.2. The zero-order chi connectivity index (χ0) is 15.3. The first-order valence-electron chi connectivity index (χ1n) is 7.57. The van der Waals surface area contributed by atoms with Crippen molar-refractivity contribution in [2.75, 3.05) is 18.8 Å². The van der Waals surface area contributed by atoms with Gasteiger partial charge in [0.05, 0.1) is 15.5 Å². The number of carbonyl (C=O) groups is 1. The summed E-state index contributed by atoms with van der Waals surface area (Å²) in [5.74, 6) is 2.16. The lowest BCUT2D eigenvalue weighted by molar-refractivity contribution is -0.124. The van der Waals surface area contributed by atoms with E-state index in [1.54, 1.807) is 23.1 Å². The highest BCUT2D eigenvalue weighted by atomic mass is 32.2. The molecule has 6 heteroatoms. The van der Waals surface area contributed by atoms with E-state index >= 15 is 0 Å². The summed E-state index contributed by atoms with van der Waals surface area (Å²) in [4.78, 5) is 20.9. The quantitative estimate of drug-likeness (QED) is 0.833. The lowest BCUT2D eigenvalue weighted by atomic mass is 10.0. The Balaban J connectivity index is 1.78. The fourth-order valence-corrected chi connectivity index (χ4v) is 5.10. The Bertz CT molecular complexity index is 703. The Labute approximate surface area is 138 Å². The van der Waals surface area contributed by atoms with E-state index in [2.05, 4.69) is 17.1 Å². The van der Waals surface area contributed by atoms with Crippen LogP contribution < -0.4 is 4.74 Å². The highest BCUT2D eigenvalue weighted by molar-refractivity contribution is 8.15. The minimum absolute atomic E-state index is 0.220. The van der Waals surface area contributed by atoms with Crippen LogP contribution in [0.2, 0.25) is 0 Å². The monoisotopic (exact) mass is 334 g/mol. The van der Waals surface area contributed by atoms with Crippen LogP contribution in [0.1, 0.15) is 36.4 Å². The number of fused-ring (bicyclic) bond motifs is 1. The SMILES string of the molecule is CC1(C)C=C(N2CCCC2=O)c2sc(C3=NCCS3)cc2O1. The number of thioether (sulfide) groups is 1. The van der Waals surface area contributed by atoms with Gasteiger partial charge in [-0.2, -0.15) is 0 Å². The van der Waals surface area contributed by atoms with Gasteiger partial charge >= 0.3 is 0 Å². The third kappa shape index (κ3) is 2.38. The molecule has 116 valence electrons. The molecule has 0 aliphatic carbocycles. The molecule has 0 aromatic carbocycles. The number of thiophene rings is 1. The van der Waals surface area contributed by atoms with Crippen LogP contribution in [0.3, 0.4) is 0 Å². The van der Waals surface area contributed by atoms with E-state index in [-0.39, 0.29) is 5.91 Å². The first kappa shape index (κ1) is 14.3. The molecule has 0 saturated carbocycles. The van der Waals surface area contributed by atoms with Gasteiger partial charge in [0.15, 0.2) is 0 Å². The van der Waals surface area contributed by atoms with Crippen LogP contribution in [-0.4, -0.2) is 40.3 Å². The zero-order valence-corrected chi connectivity index (χ0v) is 14.4. The van der Waals surface area contributed by atoms with Gasteiger partial charge in [0.1, 0.15) is 16.4 Å². The third-order valence-electron chi connectivity index (χ3n) is 3.95. The molecule has 1 aromatic heterocycles. The molecule has 1 amide bonds. The van der Waals surface area contributed by atoms with E-state index < -0.39 is 5.60 Å². The Hall–Kier alpha value is -1.27. The first-order chi connectivity index (χ1) is 10.5. The summed E-state index contributed by atoms with van der Waals surface area (Å²) < 4.78 is 6.12. The Morgan fingerprint density at radius 1 is 1.41 bits per heavy atom. The van der Waals surface area contributed by atoms with Crippen LogP contribution >= 0.6 is 23.1 Å². The molecule has 1 fully saturated rings. The van der Waals surface area contributed by atoms with Crippen molar-refractivity contribution >= 4 is 39.7 Å². The van der Waals surface area contributed by atoms with Crippen molar-refractivity contribution in [2.45, 2.75) is 32.3 Å². The maximum Gasteiger partial charge on any atom is 0.227 e. The van der Waals surface area contributed by atoms with Crippen molar-refractivity contribution in [1.29, 1.82) is 0 Å².